The van der Waals surface area contributed by atoms with Crippen LogP contribution in [0.1, 0.15) is 99.8 Å². The Kier molecular flexibility index (Phi) is 5.90. The molecule has 0 aromatic carbocycles. The Morgan fingerprint density at radius 2 is 1.63 bits per heavy atom. The molecule has 1 aliphatic heterocycles. The molecule has 208 valence electrons. The summed E-state index contributed by atoms with van der Waals surface area (Å²) in [5, 5.41) is 13.4. The highest BCUT2D eigenvalue weighted by Gasteiger charge is 2.71. The second-order valence-electron chi connectivity index (χ2n) is 15.4. The number of methoxy groups -OCH3 is 1. The standard InChI is InChI=1S/C32H46N2O4/c1-27(2)11-13-32(26(37)38-8)14-12-31(7)24(20(32)17-27)34-23(35)15-22-29(5)16-19(18-33)25(36)28(3,4)21(29)9-10-30(22,31)6/h16,20-22,24H,9-15,17H2,1-8H3,(H,34,35)/t20?,21-,22+,24?,29-,30+,31+,32-/m0/s1. The van der Waals surface area contributed by atoms with E-state index in [2.05, 4.69) is 46.0 Å². The molecule has 0 aromatic rings. The van der Waals surface area contributed by atoms with Gasteiger partial charge in [-0.25, -0.2) is 0 Å². The third-order valence-electron chi connectivity index (χ3n) is 13.0. The summed E-state index contributed by atoms with van der Waals surface area (Å²) in [7, 11) is 1.50. The Labute approximate surface area is 228 Å². The van der Waals surface area contributed by atoms with Crippen LogP contribution < -0.4 is 5.32 Å². The number of esters is 1. The first-order chi connectivity index (χ1) is 17.5. The van der Waals surface area contributed by atoms with E-state index in [9.17, 15) is 19.6 Å². The Bertz CT molecular complexity index is 1160. The molecule has 8 atom stereocenters. The summed E-state index contributed by atoms with van der Waals surface area (Å²) < 4.78 is 5.44. The molecule has 0 radical (unpaired) electrons. The van der Waals surface area contributed by atoms with Gasteiger partial charge in [0.15, 0.2) is 5.78 Å². The molecule has 0 bridgehead atoms. The summed E-state index contributed by atoms with van der Waals surface area (Å²) in [4.78, 5) is 40.6. The van der Waals surface area contributed by atoms with Gasteiger partial charge in [0.05, 0.1) is 18.1 Å². The molecular formula is C32H46N2O4. The fraction of sp³-hybridized carbons (Fsp3) is 0.812. The molecule has 1 saturated heterocycles. The van der Waals surface area contributed by atoms with Gasteiger partial charge in [-0.15, -0.1) is 0 Å². The number of nitrogens with one attached hydrogen (secondary N) is 1. The van der Waals surface area contributed by atoms with E-state index < -0.39 is 16.2 Å². The summed E-state index contributed by atoms with van der Waals surface area (Å²) in [5.74, 6) is -0.0958. The Morgan fingerprint density at radius 3 is 2.26 bits per heavy atom. The Hall–Kier alpha value is -2.16. The van der Waals surface area contributed by atoms with Gasteiger partial charge < -0.3 is 10.1 Å². The number of carbonyl (C=O) groups is 3. The molecule has 6 heteroatoms. The first-order valence-corrected chi connectivity index (χ1v) is 14.6. The van der Waals surface area contributed by atoms with Crippen LogP contribution in [0.3, 0.4) is 0 Å². The fourth-order valence-corrected chi connectivity index (χ4v) is 10.6. The van der Waals surface area contributed by atoms with Crippen molar-refractivity contribution in [2.75, 3.05) is 7.11 Å². The van der Waals surface area contributed by atoms with Crippen molar-refractivity contribution in [3.63, 3.8) is 0 Å². The smallest absolute Gasteiger partial charge is 0.312 e. The second kappa shape index (κ2) is 8.18. The number of rotatable bonds is 1. The number of carbonyl (C=O) groups excluding carboxylic acids is 3. The average Bonchev–Trinajstić information content (AvgIpc) is 2.93. The van der Waals surface area contributed by atoms with E-state index in [1.807, 2.05) is 19.9 Å². The lowest BCUT2D eigenvalue weighted by molar-refractivity contribution is -0.194. The minimum Gasteiger partial charge on any atom is -0.469 e. The maximum absolute atomic E-state index is 13.9. The van der Waals surface area contributed by atoms with Crippen molar-refractivity contribution in [3.05, 3.63) is 11.6 Å². The summed E-state index contributed by atoms with van der Waals surface area (Å²) in [6.07, 6.45) is 8.38. The van der Waals surface area contributed by atoms with Gasteiger partial charge in [0.25, 0.3) is 0 Å². The number of amides is 1. The number of ether oxygens (including phenoxy) is 1. The number of hydrogen-bond donors (Lipinski definition) is 1. The van der Waals surface area contributed by atoms with Crippen LogP contribution in [0.4, 0.5) is 0 Å². The quantitative estimate of drug-likeness (QED) is 0.442. The third-order valence-corrected chi connectivity index (χ3v) is 13.0. The van der Waals surface area contributed by atoms with E-state index in [0.717, 1.165) is 44.9 Å². The van der Waals surface area contributed by atoms with Crippen molar-refractivity contribution in [2.24, 2.45) is 50.2 Å². The highest BCUT2D eigenvalue weighted by Crippen LogP contribution is 2.72. The molecule has 5 rings (SSSR count). The number of allylic oxidation sites excluding steroid dienone is 2. The van der Waals surface area contributed by atoms with Crippen molar-refractivity contribution in [2.45, 2.75) is 106 Å². The van der Waals surface area contributed by atoms with Gasteiger partial charge in [0.1, 0.15) is 6.07 Å². The normalized spacial score (nSPS) is 47.0. The topological polar surface area (TPSA) is 96.3 Å². The predicted molar refractivity (Wildman–Crippen MR) is 144 cm³/mol. The van der Waals surface area contributed by atoms with Gasteiger partial charge in [0.2, 0.25) is 5.91 Å². The molecule has 0 spiro atoms. The van der Waals surface area contributed by atoms with Gasteiger partial charge in [-0.1, -0.05) is 54.5 Å². The summed E-state index contributed by atoms with van der Waals surface area (Å²) in [6, 6.07) is 2.07. The van der Waals surface area contributed by atoms with Crippen LogP contribution in [0.15, 0.2) is 11.6 Å². The monoisotopic (exact) mass is 522 g/mol. The second-order valence-corrected chi connectivity index (χ2v) is 15.4. The maximum atomic E-state index is 13.9. The number of Topliss-reactive ketones (excluding diaryl/α,β-unsaturated/α-hetero) is 1. The van der Waals surface area contributed by atoms with E-state index in [1.165, 1.54) is 7.11 Å². The number of nitrogens with zero attached hydrogens (tertiary/aromatic N) is 1. The van der Waals surface area contributed by atoms with E-state index in [-0.39, 0.29) is 63.3 Å². The van der Waals surface area contributed by atoms with Crippen molar-refractivity contribution in [3.8, 4) is 6.07 Å². The van der Waals surface area contributed by atoms with Gasteiger partial charge in [-0.3, -0.25) is 14.4 Å². The molecular weight excluding hydrogens is 476 g/mol. The number of fused-ring (bicyclic) bond motifs is 7. The van der Waals surface area contributed by atoms with Crippen LogP contribution in [-0.4, -0.2) is 30.8 Å². The molecule has 1 heterocycles. The summed E-state index contributed by atoms with van der Waals surface area (Å²) in [6.45, 7) is 15.5. The zero-order valence-electron chi connectivity index (χ0n) is 24.6. The molecule has 6 nitrogen and oxygen atoms in total. The largest absolute Gasteiger partial charge is 0.469 e. The first-order valence-electron chi connectivity index (χ1n) is 14.6. The van der Waals surface area contributed by atoms with E-state index in [0.29, 0.717) is 6.42 Å². The summed E-state index contributed by atoms with van der Waals surface area (Å²) >= 11 is 0. The van der Waals surface area contributed by atoms with E-state index in [4.69, 9.17) is 4.74 Å². The molecule has 1 N–H and O–H groups in total. The Balaban J connectivity index is 1.67. The van der Waals surface area contributed by atoms with Gasteiger partial charge in [-0.2, -0.15) is 5.26 Å². The zero-order valence-corrected chi connectivity index (χ0v) is 24.6. The minimum absolute atomic E-state index is 0.0112. The first kappa shape index (κ1) is 27.4. The molecule has 5 aliphatic rings. The third kappa shape index (κ3) is 3.32. The Morgan fingerprint density at radius 1 is 0.974 bits per heavy atom. The van der Waals surface area contributed by atoms with Crippen LogP contribution in [-0.2, 0) is 19.1 Å². The lowest BCUT2D eigenvalue weighted by atomic mass is 9.36. The van der Waals surface area contributed by atoms with Gasteiger partial charge in [-0.05, 0) is 84.4 Å². The molecule has 4 aliphatic carbocycles. The van der Waals surface area contributed by atoms with Crippen LogP contribution in [0, 0.1) is 61.6 Å². The molecule has 1 amide bonds. The number of hydrogen-bond acceptors (Lipinski definition) is 5. The predicted octanol–water partition coefficient (Wildman–Crippen LogP) is 5.76. The molecule has 38 heavy (non-hydrogen) atoms. The molecule has 2 unspecified atom stereocenters. The average molecular weight is 523 g/mol. The van der Waals surface area contributed by atoms with Crippen LogP contribution >= 0.6 is 0 Å². The fourth-order valence-electron chi connectivity index (χ4n) is 10.6. The van der Waals surface area contributed by atoms with Crippen molar-refractivity contribution in [1.29, 1.82) is 5.26 Å². The lowest BCUT2D eigenvalue weighted by Crippen LogP contribution is -2.68. The highest BCUT2D eigenvalue weighted by molar-refractivity contribution is 6.04. The lowest BCUT2D eigenvalue weighted by Gasteiger charge is -2.68. The number of nitriles is 1. The van der Waals surface area contributed by atoms with Gasteiger partial charge >= 0.3 is 5.97 Å². The highest BCUT2D eigenvalue weighted by atomic mass is 16.5. The van der Waals surface area contributed by atoms with E-state index >= 15 is 0 Å². The van der Waals surface area contributed by atoms with Crippen molar-refractivity contribution >= 4 is 17.7 Å². The minimum atomic E-state index is -0.654. The van der Waals surface area contributed by atoms with Gasteiger partial charge in [0, 0.05) is 17.9 Å². The zero-order chi connectivity index (χ0) is 28.1. The van der Waals surface area contributed by atoms with Crippen LogP contribution in [0.5, 0.6) is 0 Å². The molecule has 3 saturated carbocycles. The molecule has 4 fully saturated rings. The van der Waals surface area contributed by atoms with E-state index in [1.54, 1.807) is 0 Å². The summed E-state index contributed by atoms with van der Waals surface area (Å²) in [5.41, 5.74) is -1.79. The molecule has 0 aromatic heterocycles. The van der Waals surface area contributed by atoms with Crippen molar-refractivity contribution < 1.29 is 19.1 Å². The van der Waals surface area contributed by atoms with Crippen LogP contribution in [0.25, 0.3) is 0 Å². The van der Waals surface area contributed by atoms with Crippen molar-refractivity contribution in [1.82, 2.24) is 5.32 Å². The van der Waals surface area contributed by atoms with Crippen LogP contribution in [0.2, 0.25) is 0 Å². The SMILES string of the molecule is COC(=O)[C@]12CCC(C)(C)CC1C1NC(=O)C[C@@H]3[C@@]4(C)C=C(C#N)C(=O)C(C)(C)[C@@H]4CC[C@@]3(C)[C@]1(C)CC2. The number of ketones is 1. The maximum Gasteiger partial charge on any atom is 0.312 e.